The summed E-state index contributed by atoms with van der Waals surface area (Å²) in [5.74, 6) is 0.878. The molecule has 0 aliphatic rings. The van der Waals surface area contributed by atoms with Crippen LogP contribution in [0.5, 0.6) is 0 Å². The largest absolute Gasteiger partial charge is 0.310 e. The molecule has 3 aromatic heterocycles. The van der Waals surface area contributed by atoms with Gasteiger partial charge in [0.1, 0.15) is 11.6 Å². The van der Waals surface area contributed by atoms with Crippen LogP contribution in [-0.2, 0) is 29.2 Å². The van der Waals surface area contributed by atoms with E-state index in [4.69, 9.17) is 0 Å². The number of amides is 2. The van der Waals surface area contributed by atoms with Gasteiger partial charge < -0.3 is 10.6 Å². The molecule has 0 saturated carbocycles. The Hall–Kier alpha value is -3.65. The van der Waals surface area contributed by atoms with Crippen LogP contribution in [0.25, 0.3) is 0 Å². The summed E-state index contributed by atoms with van der Waals surface area (Å²) < 4.78 is 0. The Labute approximate surface area is 213 Å². The van der Waals surface area contributed by atoms with Gasteiger partial charge in [0.2, 0.25) is 11.8 Å². The van der Waals surface area contributed by atoms with Crippen LogP contribution in [0.15, 0.2) is 61.1 Å². The van der Waals surface area contributed by atoms with Crippen molar-refractivity contribution >= 4 is 23.5 Å². The van der Waals surface area contributed by atoms with Gasteiger partial charge in [0.25, 0.3) is 0 Å². The third-order valence-corrected chi connectivity index (χ3v) is 5.51. The standard InChI is InChI=1S/C28H36N6O2/c1-27(2,3)25(35)32-23-20(11-9-15-30-23)17-34(19-22-13-7-8-14-29-22)18-21-12-10-16-31-24(21)33-26(36)28(4,5)6/h7-16H,17-19H2,1-6H3,(H,30,32,35)(H,31,33,36). The minimum Gasteiger partial charge on any atom is -0.310 e. The van der Waals surface area contributed by atoms with E-state index in [9.17, 15) is 9.59 Å². The van der Waals surface area contributed by atoms with Gasteiger partial charge in [-0.3, -0.25) is 19.5 Å². The molecule has 2 N–H and O–H groups in total. The number of hydrogen-bond donors (Lipinski definition) is 2. The summed E-state index contributed by atoms with van der Waals surface area (Å²) in [6, 6.07) is 13.5. The van der Waals surface area contributed by atoms with E-state index in [0.29, 0.717) is 31.3 Å². The number of pyridine rings is 3. The number of carbonyl (C=O) groups excluding carboxylic acids is 2. The highest BCUT2D eigenvalue weighted by atomic mass is 16.2. The average molecular weight is 489 g/mol. The van der Waals surface area contributed by atoms with Gasteiger partial charge >= 0.3 is 0 Å². The summed E-state index contributed by atoms with van der Waals surface area (Å²) in [5.41, 5.74) is 1.59. The zero-order chi connectivity index (χ0) is 26.3. The van der Waals surface area contributed by atoms with E-state index in [-0.39, 0.29) is 11.8 Å². The van der Waals surface area contributed by atoms with Crippen molar-refractivity contribution in [2.24, 2.45) is 10.8 Å². The highest BCUT2D eigenvalue weighted by Gasteiger charge is 2.24. The van der Waals surface area contributed by atoms with Crippen LogP contribution >= 0.6 is 0 Å². The summed E-state index contributed by atoms with van der Waals surface area (Å²) in [4.78, 5) is 40.9. The van der Waals surface area contributed by atoms with Crippen LogP contribution in [-0.4, -0.2) is 31.7 Å². The predicted octanol–water partition coefficient (Wildman–Crippen LogP) is 5.04. The quantitative estimate of drug-likeness (QED) is 0.461. The molecule has 0 fully saturated rings. The minimum absolute atomic E-state index is 0.0989. The number of aromatic nitrogens is 3. The lowest BCUT2D eigenvalue weighted by atomic mass is 9.95. The maximum Gasteiger partial charge on any atom is 0.230 e. The summed E-state index contributed by atoms with van der Waals surface area (Å²) in [7, 11) is 0. The third-order valence-electron chi connectivity index (χ3n) is 5.51. The van der Waals surface area contributed by atoms with E-state index >= 15 is 0 Å². The van der Waals surface area contributed by atoms with Crippen molar-refractivity contribution in [3.05, 3.63) is 77.9 Å². The molecule has 3 heterocycles. The fourth-order valence-corrected chi connectivity index (χ4v) is 3.32. The average Bonchev–Trinajstić information content (AvgIpc) is 2.81. The highest BCUT2D eigenvalue weighted by Crippen LogP contribution is 2.24. The molecule has 0 aliphatic carbocycles. The van der Waals surface area contributed by atoms with Crippen molar-refractivity contribution < 1.29 is 9.59 Å². The van der Waals surface area contributed by atoms with Crippen LogP contribution in [0.1, 0.15) is 58.4 Å². The Morgan fingerprint density at radius 1 is 0.667 bits per heavy atom. The van der Waals surface area contributed by atoms with E-state index < -0.39 is 10.8 Å². The van der Waals surface area contributed by atoms with Crippen molar-refractivity contribution in [1.82, 2.24) is 19.9 Å². The zero-order valence-electron chi connectivity index (χ0n) is 22.0. The summed E-state index contributed by atoms with van der Waals surface area (Å²) >= 11 is 0. The first-order chi connectivity index (χ1) is 16.9. The van der Waals surface area contributed by atoms with Crippen molar-refractivity contribution in [3.63, 3.8) is 0 Å². The fraction of sp³-hybridized carbons (Fsp3) is 0.393. The summed E-state index contributed by atoms with van der Waals surface area (Å²) in [6.07, 6.45) is 5.11. The Bertz CT molecular complexity index is 1110. The lowest BCUT2D eigenvalue weighted by Crippen LogP contribution is -2.30. The Balaban J connectivity index is 1.90. The molecule has 0 radical (unpaired) electrons. The van der Waals surface area contributed by atoms with E-state index in [1.165, 1.54) is 0 Å². The molecule has 36 heavy (non-hydrogen) atoms. The smallest absolute Gasteiger partial charge is 0.230 e. The molecule has 0 saturated heterocycles. The fourth-order valence-electron chi connectivity index (χ4n) is 3.32. The van der Waals surface area contributed by atoms with E-state index in [1.807, 2.05) is 84.0 Å². The van der Waals surface area contributed by atoms with Gasteiger partial charge in [-0.1, -0.05) is 59.7 Å². The molecule has 3 rings (SSSR count). The second kappa shape index (κ2) is 11.4. The number of carbonyl (C=O) groups is 2. The molecule has 8 heteroatoms. The van der Waals surface area contributed by atoms with Gasteiger partial charge in [-0.2, -0.15) is 0 Å². The molecule has 0 aliphatic heterocycles. The molecule has 2 amide bonds. The Kier molecular flexibility index (Phi) is 8.53. The molecule has 8 nitrogen and oxygen atoms in total. The molecule has 0 unspecified atom stereocenters. The third kappa shape index (κ3) is 7.68. The number of anilines is 2. The molecule has 190 valence electrons. The molecule has 3 aromatic rings. The second-order valence-corrected chi connectivity index (χ2v) is 10.9. The van der Waals surface area contributed by atoms with Crippen molar-refractivity contribution in [3.8, 4) is 0 Å². The van der Waals surface area contributed by atoms with Crippen molar-refractivity contribution in [1.29, 1.82) is 0 Å². The summed E-state index contributed by atoms with van der Waals surface area (Å²) in [6.45, 7) is 12.8. The van der Waals surface area contributed by atoms with Crippen LogP contribution in [0.3, 0.4) is 0 Å². The maximum absolute atomic E-state index is 12.7. The van der Waals surface area contributed by atoms with Gasteiger partial charge in [-0.25, -0.2) is 9.97 Å². The number of nitrogens with one attached hydrogen (secondary N) is 2. The van der Waals surface area contributed by atoms with E-state index in [0.717, 1.165) is 16.8 Å². The number of hydrogen-bond acceptors (Lipinski definition) is 6. The molecular weight excluding hydrogens is 452 g/mol. The first-order valence-corrected chi connectivity index (χ1v) is 12.1. The van der Waals surface area contributed by atoms with E-state index in [2.05, 4.69) is 30.5 Å². The SMILES string of the molecule is CC(C)(C)C(=O)Nc1ncccc1CN(Cc1ccccn1)Cc1cccnc1NC(=O)C(C)(C)C. The predicted molar refractivity (Wildman–Crippen MR) is 142 cm³/mol. The van der Waals surface area contributed by atoms with Gasteiger partial charge in [0.15, 0.2) is 0 Å². The molecule has 0 atom stereocenters. The molecule has 0 bridgehead atoms. The first-order valence-electron chi connectivity index (χ1n) is 12.1. The van der Waals surface area contributed by atoms with Crippen molar-refractivity contribution in [2.75, 3.05) is 10.6 Å². The van der Waals surface area contributed by atoms with Crippen LogP contribution in [0, 0.1) is 10.8 Å². The first kappa shape index (κ1) is 26.9. The monoisotopic (exact) mass is 488 g/mol. The minimum atomic E-state index is -0.543. The van der Waals surface area contributed by atoms with Gasteiger partial charge in [0, 0.05) is 60.2 Å². The maximum atomic E-state index is 12.7. The van der Waals surface area contributed by atoms with Crippen LogP contribution in [0.2, 0.25) is 0 Å². The van der Waals surface area contributed by atoms with Crippen LogP contribution < -0.4 is 10.6 Å². The normalized spacial score (nSPS) is 11.9. The van der Waals surface area contributed by atoms with Gasteiger partial charge in [-0.15, -0.1) is 0 Å². The van der Waals surface area contributed by atoms with Crippen LogP contribution in [0.4, 0.5) is 11.6 Å². The van der Waals surface area contributed by atoms with Gasteiger partial charge in [0.05, 0.1) is 5.69 Å². The molecular formula is C28H36N6O2. The van der Waals surface area contributed by atoms with Gasteiger partial charge in [-0.05, 0) is 24.3 Å². The zero-order valence-corrected chi connectivity index (χ0v) is 22.0. The number of rotatable bonds is 8. The second-order valence-electron chi connectivity index (χ2n) is 10.9. The number of nitrogens with zero attached hydrogens (tertiary/aromatic N) is 4. The Morgan fingerprint density at radius 3 is 1.56 bits per heavy atom. The highest BCUT2D eigenvalue weighted by molar-refractivity contribution is 5.94. The molecule has 0 aromatic carbocycles. The topological polar surface area (TPSA) is 100 Å². The lowest BCUT2D eigenvalue weighted by molar-refractivity contribution is -0.123. The lowest BCUT2D eigenvalue weighted by Gasteiger charge is -2.25. The summed E-state index contributed by atoms with van der Waals surface area (Å²) in [5, 5.41) is 5.95. The Morgan fingerprint density at radius 2 is 1.14 bits per heavy atom. The molecule has 0 spiro atoms. The van der Waals surface area contributed by atoms with E-state index in [1.54, 1.807) is 18.6 Å². The van der Waals surface area contributed by atoms with Crippen molar-refractivity contribution in [2.45, 2.75) is 61.2 Å².